The molecule has 2 saturated heterocycles. The molecule has 1 aromatic rings. The summed E-state index contributed by atoms with van der Waals surface area (Å²) in [7, 11) is 1.61. The number of amides is 2. The van der Waals surface area contributed by atoms with Crippen LogP contribution in [0.5, 0.6) is 0 Å². The van der Waals surface area contributed by atoms with Gasteiger partial charge in [-0.1, -0.05) is 0 Å². The fourth-order valence-corrected chi connectivity index (χ4v) is 4.16. The van der Waals surface area contributed by atoms with Crippen molar-refractivity contribution in [2.45, 2.75) is 58.3 Å². The summed E-state index contributed by atoms with van der Waals surface area (Å²) in [5, 5.41) is 0. The van der Waals surface area contributed by atoms with Gasteiger partial charge in [-0.2, -0.15) is 0 Å². The molecule has 2 aliphatic heterocycles. The summed E-state index contributed by atoms with van der Waals surface area (Å²) in [6.45, 7) is 7.52. The maximum absolute atomic E-state index is 12.6. The third-order valence-electron chi connectivity index (χ3n) is 5.90. The lowest BCUT2D eigenvalue weighted by molar-refractivity contribution is -0.132. The first-order valence-corrected chi connectivity index (χ1v) is 10.4. The number of hydrogen-bond acceptors (Lipinski definition) is 5. The Labute approximate surface area is 167 Å². The minimum absolute atomic E-state index is 0.126. The van der Waals surface area contributed by atoms with Gasteiger partial charge in [-0.05, 0) is 39.5 Å². The van der Waals surface area contributed by atoms with E-state index in [0.29, 0.717) is 26.0 Å². The molecule has 2 aliphatic rings. The van der Waals surface area contributed by atoms with Gasteiger partial charge in [0.25, 0.3) is 0 Å². The van der Waals surface area contributed by atoms with Gasteiger partial charge in [0.05, 0.1) is 19.4 Å². The van der Waals surface area contributed by atoms with Crippen molar-refractivity contribution in [1.82, 2.24) is 19.8 Å². The number of likely N-dealkylation sites (tertiary alicyclic amines) is 2. The molecular weight excluding hydrogens is 356 g/mol. The Bertz CT molecular complexity index is 693. The minimum atomic E-state index is 0.126. The number of rotatable bonds is 6. The Kier molecular flexibility index (Phi) is 6.99. The molecule has 0 spiro atoms. The second-order valence-electron chi connectivity index (χ2n) is 7.92. The lowest BCUT2D eigenvalue weighted by Crippen LogP contribution is -2.37. The quantitative estimate of drug-likeness (QED) is 0.745. The lowest BCUT2D eigenvalue weighted by Gasteiger charge is -2.27. The van der Waals surface area contributed by atoms with Crippen molar-refractivity contribution in [3.05, 3.63) is 22.8 Å². The highest BCUT2D eigenvalue weighted by Gasteiger charge is 2.30. The highest BCUT2D eigenvalue weighted by molar-refractivity contribution is 5.79. The molecule has 154 valence electrons. The smallest absolute Gasteiger partial charge is 0.227 e. The molecule has 1 aromatic heterocycles. The summed E-state index contributed by atoms with van der Waals surface area (Å²) < 4.78 is 5.00. The summed E-state index contributed by atoms with van der Waals surface area (Å²) in [6.07, 6.45) is 5.08. The molecule has 0 aliphatic carbocycles. The van der Waals surface area contributed by atoms with E-state index in [2.05, 4.69) is 0 Å². The molecule has 0 radical (unpaired) electrons. The van der Waals surface area contributed by atoms with Crippen molar-refractivity contribution in [3.63, 3.8) is 0 Å². The maximum Gasteiger partial charge on any atom is 0.227 e. The van der Waals surface area contributed by atoms with Gasteiger partial charge in [0, 0.05) is 56.2 Å². The molecule has 2 fully saturated rings. The van der Waals surface area contributed by atoms with Gasteiger partial charge in [0.1, 0.15) is 5.82 Å². The van der Waals surface area contributed by atoms with E-state index in [1.807, 2.05) is 23.6 Å². The number of aromatic nitrogens is 2. The second-order valence-corrected chi connectivity index (χ2v) is 7.92. The Hall–Kier alpha value is -2.02. The van der Waals surface area contributed by atoms with Crippen LogP contribution < -0.4 is 0 Å². The van der Waals surface area contributed by atoms with E-state index in [1.165, 1.54) is 6.42 Å². The van der Waals surface area contributed by atoms with Crippen molar-refractivity contribution in [2.75, 3.05) is 39.9 Å². The van der Waals surface area contributed by atoms with Crippen molar-refractivity contribution >= 4 is 11.8 Å². The number of carbonyl (C=O) groups is 2. The standard InChI is InChI=1S/C21H32N4O3/c1-15-18(13-20(27)24-9-5-4-6-10-24)16(2)23-21(22-15)17-7-11-25(14-17)19(26)8-12-28-3/h17H,4-14H2,1-3H3. The second kappa shape index (κ2) is 9.45. The molecule has 0 aromatic carbocycles. The first-order chi connectivity index (χ1) is 13.5. The summed E-state index contributed by atoms with van der Waals surface area (Å²) >= 11 is 0. The van der Waals surface area contributed by atoms with Crippen LogP contribution in [0.2, 0.25) is 0 Å². The predicted octanol–water partition coefficient (Wildman–Crippen LogP) is 2.00. The summed E-state index contributed by atoms with van der Waals surface area (Å²) in [6, 6.07) is 0. The van der Waals surface area contributed by atoms with E-state index >= 15 is 0 Å². The highest BCUT2D eigenvalue weighted by Crippen LogP contribution is 2.27. The van der Waals surface area contributed by atoms with Crippen LogP contribution in [0.3, 0.4) is 0 Å². The third-order valence-corrected chi connectivity index (χ3v) is 5.90. The average Bonchev–Trinajstić information content (AvgIpc) is 3.19. The van der Waals surface area contributed by atoms with Gasteiger partial charge in [0.15, 0.2) is 0 Å². The fraction of sp³-hybridized carbons (Fsp3) is 0.714. The van der Waals surface area contributed by atoms with Gasteiger partial charge < -0.3 is 14.5 Å². The van der Waals surface area contributed by atoms with Gasteiger partial charge in [-0.3, -0.25) is 9.59 Å². The lowest BCUT2D eigenvalue weighted by atomic mass is 10.0. The summed E-state index contributed by atoms with van der Waals surface area (Å²) in [5.74, 6) is 1.27. The van der Waals surface area contributed by atoms with Crippen LogP contribution in [-0.2, 0) is 20.7 Å². The zero-order valence-electron chi connectivity index (χ0n) is 17.4. The Balaban J connectivity index is 1.65. The third kappa shape index (κ3) is 4.87. The Morgan fingerprint density at radius 3 is 2.32 bits per heavy atom. The van der Waals surface area contributed by atoms with E-state index in [-0.39, 0.29) is 17.7 Å². The van der Waals surface area contributed by atoms with Crippen LogP contribution in [0.15, 0.2) is 0 Å². The summed E-state index contributed by atoms with van der Waals surface area (Å²) in [4.78, 5) is 38.1. The Morgan fingerprint density at radius 1 is 1.00 bits per heavy atom. The average molecular weight is 389 g/mol. The molecule has 7 heteroatoms. The van der Waals surface area contributed by atoms with E-state index in [0.717, 1.165) is 61.7 Å². The SMILES string of the molecule is COCCC(=O)N1CCC(c2nc(C)c(CC(=O)N3CCCCC3)c(C)n2)C1. The van der Waals surface area contributed by atoms with Gasteiger partial charge >= 0.3 is 0 Å². The van der Waals surface area contributed by atoms with E-state index in [4.69, 9.17) is 14.7 Å². The molecule has 2 amide bonds. The van der Waals surface area contributed by atoms with Crippen molar-refractivity contribution in [1.29, 1.82) is 0 Å². The molecule has 0 bridgehead atoms. The van der Waals surface area contributed by atoms with E-state index < -0.39 is 0 Å². The van der Waals surface area contributed by atoms with Crippen molar-refractivity contribution < 1.29 is 14.3 Å². The summed E-state index contributed by atoms with van der Waals surface area (Å²) in [5.41, 5.74) is 2.72. The highest BCUT2D eigenvalue weighted by atomic mass is 16.5. The van der Waals surface area contributed by atoms with Crippen molar-refractivity contribution in [3.8, 4) is 0 Å². The molecule has 3 rings (SSSR count). The van der Waals surface area contributed by atoms with Crippen LogP contribution in [0.1, 0.15) is 60.8 Å². The van der Waals surface area contributed by atoms with Crippen LogP contribution in [-0.4, -0.2) is 71.5 Å². The number of methoxy groups -OCH3 is 1. The van der Waals surface area contributed by atoms with Crippen LogP contribution in [0, 0.1) is 13.8 Å². The number of piperidine rings is 1. The largest absolute Gasteiger partial charge is 0.384 e. The molecular formula is C21H32N4O3. The molecule has 1 unspecified atom stereocenters. The molecule has 7 nitrogen and oxygen atoms in total. The van der Waals surface area contributed by atoms with Crippen LogP contribution in [0.4, 0.5) is 0 Å². The van der Waals surface area contributed by atoms with Crippen LogP contribution >= 0.6 is 0 Å². The van der Waals surface area contributed by atoms with Crippen molar-refractivity contribution in [2.24, 2.45) is 0 Å². The van der Waals surface area contributed by atoms with Gasteiger partial charge in [-0.25, -0.2) is 9.97 Å². The number of carbonyl (C=O) groups excluding carboxylic acids is 2. The molecule has 28 heavy (non-hydrogen) atoms. The predicted molar refractivity (Wildman–Crippen MR) is 106 cm³/mol. The maximum atomic E-state index is 12.6. The monoisotopic (exact) mass is 388 g/mol. The number of hydrogen-bond donors (Lipinski definition) is 0. The number of ether oxygens (including phenoxy) is 1. The van der Waals surface area contributed by atoms with E-state index in [1.54, 1.807) is 7.11 Å². The fourth-order valence-electron chi connectivity index (χ4n) is 4.16. The zero-order chi connectivity index (χ0) is 20.1. The van der Waals surface area contributed by atoms with Gasteiger partial charge in [-0.15, -0.1) is 0 Å². The zero-order valence-corrected chi connectivity index (χ0v) is 17.4. The molecule has 0 saturated carbocycles. The molecule has 3 heterocycles. The first-order valence-electron chi connectivity index (χ1n) is 10.4. The first kappa shape index (κ1) is 20.7. The van der Waals surface area contributed by atoms with Crippen LogP contribution in [0.25, 0.3) is 0 Å². The molecule has 1 atom stereocenters. The minimum Gasteiger partial charge on any atom is -0.384 e. The van der Waals surface area contributed by atoms with Gasteiger partial charge in [0.2, 0.25) is 11.8 Å². The number of aryl methyl sites for hydroxylation is 2. The topological polar surface area (TPSA) is 75.6 Å². The Morgan fingerprint density at radius 2 is 1.68 bits per heavy atom. The van der Waals surface area contributed by atoms with E-state index in [9.17, 15) is 9.59 Å². The normalized spacial score (nSPS) is 19.9. The number of nitrogens with zero attached hydrogens (tertiary/aromatic N) is 4. The molecule has 0 N–H and O–H groups in total.